The van der Waals surface area contributed by atoms with Crippen molar-refractivity contribution < 1.29 is 9.59 Å². The maximum absolute atomic E-state index is 13.3. The molecule has 1 aromatic heterocycles. The third-order valence-electron chi connectivity index (χ3n) is 5.83. The van der Waals surface area contributed by atoms with Crippen LogP contribution in [0, 0.1) is 0 Å². The van der Waals surface area contributed by atoms with Gasteiger partial charge in [0.1, 0.15) is 0 Å². The molecule has 1 fully saturated rings. The van der Waals surface area contributed by atoms with E-state index in [0.29, 0.717) is 28.8 Å². The summed E-state index contributed by atoms with van der Waals surface area (Å²) in [6, 6.07) is 11.3. The van der Waals surface area contributed by atoms with Gasteiger partial charge in [-0.05, 0) is 50.2 Å². The number of carbonyl (C=O) groups excluding carboxylic acids is 2. The number of amides is 2. The number of likely N-dealkylation sites (N-methyl/N-ethyl adjacent to an activating group) is 1. The zero-order valence-corrected chi connectivity index (χ0v) is 17.0. The monoisotopic (exact) mass is 393 g/mol. The number of nitrogens with zero attached hydrogens (tertiary/aromatic N) is 4. The fourth-order valence-electron chi connectivity index (χ4n) is 4.30. The van der Waals surface area contributed by atoms with Gasteiger partial charge in [0.2, 0.25) is 5.91 Å². The van der Waals surface area contributed by atoms with Crippen LogP contribution in [0.1, 0.15) is 30.1 Å². The zero-order chi connectivity index (χ0) is 20.4. The van der Waals surface area contributed by atoms with Crippen LogP contribution in [0.5, 0.6) is 0 Å². The molecule has 1 saturated heterocycles. The fourth-order valence-corrected chi connectivity index (χ4v) is 4.30. The quantitative estimate of drug-likeness (QED) is 0.845. The highest BCUT2D eigenvalue weighted by molar-refractivity contribution is 6.18. The SMILES string of the molecule is CCN1CCCC1CNCC(=O)N1c2ccccc2C(=O)N(C)c2cccnc21. The Hall–Kier alpha value is -2.77. The average molecular weight is 393 g/mol. The Morgan fingerprint density at radius 3 is 2.83 bits per heavy atom. The van der Waals surface area contributed by atoms with E-state index in [2.05, 4.69) is 22.1 Å². The number of likely N-dealkylation sites (tertiary alicyclic amines) is 1. The van der Waals surface area contributed by atoms with Gasteiger partial charge in [-0.25, -0.2) is 4.98 Å². The molecule has 152 valence electrons. The number of aromatic nitrogens is 1. The van der Waals surface area contributed by atoms with E-state index in [1.165, 1.54) is 6.42 Å². The molecule has 4 rings (SSSR count). The molecule has 7 nitrogen and oxygen atoms in total. The Morgan fingerprint density at radius 1 is 1.21 bits per heavy atom. The fraction of sp³-hybridized carbons (Fsp3) is 0.409. The number of para-hydroxylation sites is 1. The van der Waals surface area contributed by atoms with Crippen LogP contribution >= 0.6 is 0 Å². The number of anilines is 3. The van der Waals surface area contributed by atoms with Crippen molar-refractivity contribution in [2.75, 3.05) is 43.0 Å². The van der Waals surface area contributed by atoms with Gasteiger partial charge in [0.25, 0.3) is 5.91 Å². The predicted octanol–water partition coefficient (Wildman–Crippen LogP) is 2.41. The lowest BCUT2D eigenvalue weighted by Crippen LogP contribution is -2.42. The summed E-state index contributed by atoms with van der Waals surface area (Å²) in [4.78, 5) is 36.3. The van der Waals surface area contributed by atoms with Crippen molar-refractivity contribution in [3.05, 3.63) is 48.2 Å². The maximum Gasteiger partial charge on any atom is 0.260 e. The van der Waals surface area contributed by atoms with Gasteiger partial charge >= 0.3 is 0 Å². The molecule has 1 atom stereocenters. The molecule has 3 heterocycles. The second-order valence-corrected chi connectivity index (χ2v) is 7.51. The summed E-state index contributed by atoms with van der Waals surface area (Å²) in [5.41, 5.74) is 1.69. The highest BCUT2D eigenvalue weighted by Crippen LogP contribution is 2.38. The van der Waals surface area contributed by atoms with Crippen molar-refractivity contribution >= 4 is 29.0 Å². The van der Waals surface area contributed by atoms with Crippen molar-refractivity contribution in [3.63, 3.8) is 0 Å². The topological polar surface area (TPSA) is 68.8 Å². The van der Waals surface area contributed by atoms with E-state index in [4.69, 9.17) is 0 Å². The third kappa shape index (κ3) is 3.63. The first-order valence-electron chi connectivity index (χ1n) is 10.2. The van der Waals surface area contributed by atoms with Gasteiger partial charge < -0.3 is 10.2 Å². The largest absolute Gasteiger partial charge is 0.308 e. The molecule has 0 radical (unpaired) electrons. The lowest BCUT2D eigenvalue weighted by Gasteiger charge is -2.25. The summed E-state index contributed by atoms with van der Waals surface area (Å²) in [6.45, 7) is 5.31. The summed E-state index contributed by atoms with van der Waals surface area (Å²) < 4.78 is 0. The standard InChI is InChI=1S/C22H27N5O2/c1-3-26-13-7-8-16(26)14-23-15-20(28)27-18-10-5-4-9-17(18)22(29)25(2)19-11-6-12-24-21(19)27/h4-6,9-12,16,23H,3,7-8,13-15H2,1-2H3. The molecular formula is C22H27N5O2. The van der Waals surface area contributed by atoms with Gasteiger partial charge in [-0.1, -0.05) is 19.1 Å². The van der Waals surface area contributed by atoms with Gasteiger partial charge in [-0.3, -0.25) is 19.4 Å². The summed E-state index contributed by atoms with van der Waals surface area (Å²) in [7, 11) is 1.71. The normalized spacial score (nSPS) is 19.1. The number of pyridine rings is 1. The van der Waals surface area contributed by atoms with Crippen molar-refractivity contribution in [1.82, 2.24) is 15.2 Å². The average Bonchev–Trinajstić information content (AvgIpc) is 3.18. The molecule has 0 aliphatic carbocycles. The molecule has 0 spiro atoms. The van der Waals surface area contributed by atoms with E-state index >= 15 is 0 Å². The number of nitrogens with one attached hydrogen (secondary N) is 1. The van der Waals surface area contributed by atoms with Gasteiger partial charge in [-0.2, -0.15) is 0 Å². The molecule has 7 heteroatoms. The zero-order valence-electron chi connectivity index (χ0n) is 17.0. The third-order valence-corrected chi connectivity index (χ3v) is 5.83. The summed E-state index contributed by atoms with van der Waals surface area (Å²) in [6.07, 6.45) is 4.01. The first-order valence-corrected chi connectivity index (χ1v) is 10.2. The smallest absolute Gasteiger partial charge is 0.260 e. The molecule has 2 amide bonds. The van der Waals surface area contributed by atoms with E-state index in [0.717, 1.165) is 26.1 Å². The lowest BCUT2D eigenvalue weighted by atomic mass is 10.1. The highest BCUT2D eigenvalue weighted by atomic mass is 16.2. The van der Waals surface area contributed by atoms with Crippen LogP contribution in [-0.4, -0.2) is 61.0 Å². The molecular weight excluding hydrogens is 366 g/mol. The van der Waals surface area contributed by atoms with Crippen molar-refractivity contribution in [1.29, 1.82) is 0 Å². The number of rotatable bonds is 5. The maximum atomic E-state index is 13.3. The number of carbonyl (C=O) groups is 2. The van der Waals surface area contributed by atoms with Crippen LogP contribution in [0.15, 0.2) is 42.6 Å². The molecule has 0 saturated carbocycles. The molecule has 1 unspecified atom stereocenters. The Bertz CT molecular complexity index is 916. The van der Waals surface area contributed by atoms with Crippen molar-refractivity contribution in [2.24, 2.45) is 0 Å². The van der Waals surface area contributed by atoms with E-state index in [1.807, 2.05) is 18.2 Å². The minimum absolute atomic E-state index is 0.124. The van der Waals surface area contributed by atoms with Crippen LogP contribution in [0.2, 0.25) is 0 Å². The van der Waals surface area contributed by atoms with E-state index < -0.39 is 0 Å². The van der Waals surface area contributed by atoms with Crippen molar-refractivity contribution in [3.8, 4) is 0 Å². The highest BCUT2D eigenvalue weighted by Gasteiger charge is 2.33. The van der Waals surface area contributed by atoms with E-state index in [9.17, 15) is 9.59 Å². The summed E-state index contributed by atoms with van der Waals surface area (Å²) in [5.74, 6) is 0.209. The van der Waals surface area contributed by atoms with Crippen LogP contribution < -0.4 is 15.1 Å². The molecule has 2 aliphatic rings. The van der Waals surface area contributed by atoms with Crippen LogP contribution in [0.25, 0.3) is 0 Å². The number of benzene rings is 1. The minimum Gasteiger partial charge on any atom is -0.308 e. The Balaban J connectivity index is 1.60. The Morgan fingerprint density at radius 2 is 2.00 bits per heavy atom. The van der Waals surface area contributed by atoms with Crippen molar-refractivity contribution in [2.45, 2.75) is 25.8 Å². The van der Waals surface area contributed by atoms with E-state index in [-0.39, 0.29) is 18.4 Å². The van der Waals surface area contributed by atoms with Gasteiger partial charge in [0, 0.05) is 25.8 Å². The second-order valence-electron chi connectivity index (χ2n) is 7.51. The van der Waals surface area contributed by atoms with E-state index in [1.54, 1.807) is 41.2 Å². The lowest BCUT2D eigenvalue weighted by molar-refractivity contribution is -0.117. The minimum atomic E-state index is -0.150. The van der Waals surface area contributed by atoms with Crippen LogP contribution in [-0.2, 0) is 4.79 Å². The molecule has 1 N–H and O–H groups in total. The molecule has 1 aromatic carbocycles. The summed E-state index contributed by atoms with van der Waals surface area (Å²) in [5, 5.41) is 3.33. The van der Waals surface area contributed by atoms with Gasteiger partial charge in [0.15, 0.2) is 5.82 Å². The second kappa shape index (κ2) is 8.31. The van der Waals surface area contributed by atoms with Gasteiger partial charge in [0.05, 0.1) is 23.5 Å². The van der Waals surface area contributed by atoms with Crippen LogP contribution in [0.4, 0.5) is 17.2 Å². The first kappa shape index (κ1) is 19.5. The Kier molecular flexibility index (Phi) is 5.60. The molecule has 2 aromatic rings. The number of hydrogen-bond acceptors (Lipinski definition) is 5. The molecule has 2 aliphatic heterocycles. The Labute approximate surface area is 171 Å². The first-order chi connectivity index (χ1) is 14.1. The molecule has 29 heavy (non-hydrogen) atoms. The van der Waals surface area contributed by atoms with Crippen LogP contribution in [0.3, 0.4) is 0 Å². The number of fused-ring (bicyclic) bond motifs is 2. The summed E-state index contributed by atoms with van der Waals surface area (Å²) >= 11 is 0. The molecule has 0 bridgehead atoms. The van der Waals surface area contributed by atoms with Gasteiger partial charge in [-0.15, -0.1) is 0 Å². The predicted molar refractivity (Wildman–Crippen MR) is 114 cm³/mol. The number of hydrogen-bond donors (Lipinski definition) is 1.